The Morgan fingerprint density at radius 1 is 1.25 bits per heavy atom. The maximum Gasteiger partial charge on any atom is 0.259 e. The molecule has 3 aromatic rings. The van der Waals surface area contributed by atoms with E-state index in [9.17, 15) is 9.59 Å². The Bertz CT molecular complexity index is 972. The summed E-state index contributed by atoms with van der Waals surface area (Å²) in [5.74, 6) is -0.0506. The van der Waals surface area contributed by atoms with E-state index < -0.39 is 0 Å². The predicted molar refractivity (Wildman–Crippen MR) is 92.3 cm³/mol. The summed E-state index contributed by atoms with van der Waals surface area (Å²) in [7, 11) is 0. The van der Waals surface area contributed by atoms with Crippen molar-refractivity contribution in [1.82, 2.24) is 19.5 Å². The molecule has 1 aliphatic rings. The van der Waals surface area contributed by atoms with E-state index in [2.05, 4.69) is 17.0 Å². The summed E-state index contributed by atoms with van der Waals surface area (Å²) >= 11 is 0. The van der Waals surface area contributed by atoms with Crippen LogP contribution in [0.25, 0.3) is 16.6 Å². The van der Waals surface area contributed by atoms with Crippen LogP contribution in [0.15, 0.2) is 35.3 Å². The Hall–Kier alpha value is -2.63. The first kappa shape index (κ1) is 14.9. The van der Waals surface area contributed by atoms with E-state index in [1.165, 1.54) is 0 Å². The van der Waals surface area contributed by atoms with Crippen LogP contribution in [-0.2, 0) is 0 Å². The number of fused-ring (bicyclic) bond motifs is 3. The van der Waals surface area contributed by atoms with E-state index in [1.54, 1.807) is 16.8 Å². The topological polar surface area (TPSA) is 70.5 Å². The highest BCUT2D eigenvalue weighted by Gasteiger charge is 2.26. The SMILES string of the molecule is CC1CCCCCN1C(=O)c1cnn2c1[nH]c(=O)c1ccccc12. The smallest absolute Gasteiger partial charge is 0.259 e. The number of para-hydroxylation sites is 1. The summed E-state index contributed by atoms with van der Waals surface area (Å²) in [6.07, 6.45) is 5.92. The molecule has 4 rings (SSSR count). The van der Waals surface area contributed by atoms with Crippen molar-refractivity contribution in [2.45, 2.75) is 38.6 Å². The summed E-state index contributed by atoms with van der Waals surface area (Å²) < 4.78 is 1.65. The lowest BCUT2D eigenvalue weighted by molar-refractivity contribution is 0.0699. The molecule has 3 heterocycles. The lowest BCUT2D eigenvalue weighted by atomic mass is 10.1. The van der Waals surface area contributed by atoms with Crippen molar-refractivity contribution in [3.8, 4) is 0 Å². The van der Waals surface area contributed by atoms with E-state index in [1.807, 2.05) is 23.1 Å². The summed E-state index contributed by atoms with van der Waals surface area (Å²) in [6, 6.07) is 7.49. The van der Waals surface area contributed by atoms with Gasteiger partial charge in [0, 0.05) is 12.6 Å². The molecular formula is C18H20N4O2. The standard InChI is InChI=1S/C18H20N4O2/c1-12-7-3-2-6-10-21(12)18(24)14-11-19-22-15-9-5-4-8-13(15)17(23)20-16(14)22/h4-5,8-9,11-12H,2-3,6-7,10H2,1H3,(H,20,23). The molecule has 6 nitrogen and oxygen atoms in total. The molecule has 1 amide bonds. The molecule has 24 heavy (non-hydrogen) atoms. The number of rotatable bonds is 1. The highest BCUT2D eigenvalue weighted by atomic mass is 16.2. The number of benzene rings is 1. The zero-order chi connectivity index (χ0) is 16.7. The first-order valence-electron chi connectivity index (χ1n) is 8.46. The van der Waals surface area contributed by atoms with Gasteiger partial charge in [-0.1, -0.05) is 25.0 Å². The molecule has 0 saturated carbocycles. The Morgan fingerprint density at radius 2 is 2.08 bits per heavy atom. The summed E-state index contributed by atoms with van der Waals surface area (Å²) in [5.41, 5.74) is 1.45. The summed E-state index contributed by atoms with van der Waals surface area (Å²) in [6.45, 7) is 2.85. The van der Waals surface area contributed by atoms with Crippen molar-refractivity contribution in [3.05, 3.63) is 46.4 Å². The molecule has 1 unspecified atom stereocenters. The lowest BCUT2D eigenvalue weighted by Crippen LogP contribution is -2.38. The number of carbonyl (C=O) groups excluding carboxylic acids is 1. The zero-order valence-electron chi connectivity index (χ0n) is 13.7. The van der Waals surface area contributed by atoms with Gasteiger partial charge in [-0.2, -0.15) is 5.10 Å². The van der Waals surface area contributed by atoms with Gasteiger partial charge in [-0.3, -0.25) is 9.59 Å². The van der Waals surface area contributed by atoms with Crippen molar-refractivity contribution in [2.75, 3.05) is 6.54 Å². The van der Waals surface area contributed by atoms with Crippen LogP contribution in [-0.4, -0.2) is 38.0 Å². The first-order valence-corrected chi connectivity index (χ1v) is 8.46. The van der Waals surface area contributed by atoms with Gasteiger partial charge in [-0.05, 0) is 31.9 Å². The number of amides is 1. The fraction of sp³-hybridized carbons (Fsp3) is 0.389. The average molecular weight is 324 g/mol. The van der Waals surface area contributed by atoms with Crippen molar-refractivity contribution in [2.24, 2.45) is 0 Å². The van der Waals surface area contributed by atoms with Crippen molar-refractivity contribution < 1.29 is 4.79 Å². The van der Waals surface area contributed by atoms with Crippen LogP contribution in [0.4, 0.5) is 0 Å². The third-order valence-corrected chi connectivity index (χ3v) is 4.92. The number of H-pyrrole nitrogens is 1. The maximum atomic E-state index is 13.0. The number of hydrogen-bond acceptors (Lipinski definition) is 3. The van der Waals surface area contributed by atoms with E-state index >= 15 is 0 Å². The molecule has 1 N–H and O–H groups in total. The van der Waals surface area contributed by atoms with Crippen LogP contribution in [0.5, 0.6) is 0 Å². The number of likely N-dealkylation sites (tertiary alicyclic amines) is 1. The fourth-order valence-corrected chi connectivity index (χ4v) is 3.56. The van der Waals surface area contributed by atoms with Crippen LogP contribution in [0.3, 0.4) is 0 Å². The first-order chi connectivity index (χ1) is 11.7. The van der Waals surface area contributed by atoms with Gasteiger partial charge < -0.3 is 9.88 Å². The molecule has 0 radical (unpaired) electrons. The van der Waals surface area contributed by atoms with E-state index in [-0.39, 0.29) is 17.5 Å². The minimum absolute atomic E-state index is 0.0506. The molecule has 2 aromatic heterocycles. The van der Waals surface area contributed by atoms with Crippen LogP contribution >= 0.6 is 0 Å². The van der Waals surface area contributed by atoms with Gasteiger partial charge in [0.15, 0.2) is 0 Å². The Balaban J connectivity index is 1.85. The lowest BCUT2D eigenvalue weighted by Gasteiger charge is -2.26. The molecule has 1 saturated heterocycles. The molecule has 1 fully saturated rings. The molecule has 0 spiro atoms. The van der Waals surface area contributed by atoms with Gasteiger partial charge in [0.2, 0.25) is 0 Å². The van der Waals surface area contributed by atoms with Gasteiger partial charge in [-0.25, -0.2) is 4.52 Å². The monoisotopic (exact) mass is 324 g/mol. The van der Waals surface area contributed by atoms with Gasteiger partial charge in [-0.15, -0.1) is 0 Å². The number of nitrogens with one attached hydrogen (secondary N) is 1. The van der Waals surface area contributed by atoms with Crippen molar-refractivity contribution >= 4 is 22.5 Å². The normalized spacial score (nSPS) is 18.9. The molecular weight excluding hydrogens is 304 g/mol. The van der Waals surface area contributed by atoms with Gasteiger partial charge in [0.25, 0.3) is 11.5 Å². The number of hydrogen-bond donors (Lipinski definition) is 1. The largest absolute Gasteiger partial charge is 0.336 e. The van der Waals surface area contributed by atoms with Crippen LogP contribution in [0.2, 0.25) is 0 Å². The Morgan fingerprint density at radius 3 is 2.96 bits per heavy atom. The van der Waals surface area contributed by atoms with Crippen LogP contribution in [0.1, 0.15) is 43.0 Å². The number of carbonyl (C=O) groups is 1. The third-order valence-electron chi connectivity index (χ3n) is 4.92. The minimum Gasteiger partial charge on any atom is -0.336 e. The summed E-state index contributed by atoms with van der Waals surface area (Å²) in [4.78, 5) is 30.1. The second kappa shape index (κ2) is 5.78. The molecule has 0 aliphatic carbocycles. The van der Waals surface area contributed by atoms with Crippen molar-refractivity contribution in [1.29, 1.82) is 0 Å². The average Bonchev–Trinajstić information content (AvgIpc) is 2.89. The second-order valence-electron chi connectivity index (χ2n) is 6.49. The minimum atomic E-state index is -0.198. The molecule has 1 aliphatic heterocycles. The van der Waals surface area contributed by atoms with Crippen LogP contribution in [0, 0.1) is 0 Å². The summed E-state index contributed by atoms with van der Waals surface area (Å²) in [5, 5.41) is 4.92. The number of nitrogens with zero attached hydrogens (tertiary/aromatic N) is 3. The van der Waals surface area contributed by atoms with Gasteiger partial charge in [0.05, 0.1) is 17.1 Å². The molecule has 124 valence electrons. The quantitative estimate of drug-likeness (QED) is 0.748. The Labute approximate surface area is 139 Å². The van der Waals surface area contributed by atoms with Gasteiger partial charge in [0.1, 0.15) is 11.2 Å². The van der Waals surface area contributed by atoms with E-state index in [4.69, 9.17) is 0 Å². The van der Waals surface area contributed by atoms with E-state index in [0.717, 1.165) is 32.2 Å². The second-order valence-corrected chi connectivity index (χ2v) is 6.49. The molecule has 6 heteroatoms. The Kier molecular flexibility index (Phi) is 3.59. The maximum absolute atomic E-state index is 13.0. The number of aromatic amines is 1. The van der Waals surface area contributed by atoms with Crippen LogP contribution < -0.4 is 5.56 Å². The fourth-order valence-electron chi connectivity index (χ4n) is 3.56. The highest BCUT2D eigenvalue weighted by Crippen LogP contribution is 2.21. The van der Waals surface area contributed by atoms with Gasteiger partial charge >= 0.3 is 0 Å². The van der Waals surface area contributed by atoms with E-state index in [0.29, 0.717) is 22.1 Å². The predicted octanol–water partition coefficient (Wildman–Crippen LogP) is 2.58. The van der Waals surface area contributed by atoms with Crippen molar-refractivity contribution in [3.63, 3.8) is 0 Å². The zero-order valence-corrected chi connectivity index (χ0v) is 13.7. The molecule has 0 bridgehead atoms. The third kappa shape index (κ3) is 2.29. The number of aromatic nitrogens is 3. The molecule has 1 atom stereocenters. The molecule has 1 aromatic carbocycles. The highest BCUT2D eigenvalue weighted by molar-refractivity contribution is 6.00.